The van der Waals surface area contributed by atoms with Crippen LogP contribution in [0.3, 0.4) is 0 Å². The Balaban J connectivity index is 3.50. The van der Waals surface area contributed by atoms with Crippen LogP contribution in [0.25, 0.3) is 0 Å². The molecule has 2 N–H and O–H groups in total. The van der Waals surface area contributed by atoms with Crippen LogP contribution in [-0.4, -0.2) is 29.7 Å². The summed E-state index contributed by atoms with van der Waals surface area (Å²) in [6.07, 6.45) is 2.10. The summed E-state index contributed by atoms with van der Waals surface area (Å²) in [6, 6.07) is 0.446. The number of thiocarbonyl (C=S) groups is 1. The van der Waals surface area contributed by atoms with E-state index in [1.807, 2.05) is 11.8 Å². The molecule has 0 fully saturated rings. The van der Waals surface area contributed by atoms with Crippen LogP contribution in [0.5, 0.6) is 0 Å². The summed E-state index contributed by atoms with van der Waals surface area (Å²) in [4.78, 5) is 0. The molecular formula is C9H20N2S2. The number of rotatable bonds is 5. The van der Waals surface area contributed by atoms with Crippen molar-refractivity contribution in [2.24, 2.45) is 5.92 Å². The summed E-state index contributed by atoms with van der Waals surface area (Å²) in [5, 5.41) is 7.19. The van der Waals surface area contributed by atoms with Gasteiger partial charge in [0.15, 0.2) is 5.11 Å². The Bertz CT molecular complexity index is 149. The second kappa shape index (κ2) is 7.44. The van der Waals surface area contributed by atoms with E-state index in [-0.39, 0.29) is 0 Å². The maximum Gasteiger partial charge on any atom is 0.166 e. The third-order valence-corrected chi connectivity index (χ3v) is 2.56. The first-order chi connectivity index (χ1) is 6.06. The Morgan fingerprint density at radius 1 is 1.38 bits per heavy atom. The molecule has 0 heterocycles. The molecule has 0 aliphatic carbocycles. The van der Waals surface area contributed by atoms with Gasteiger partial charge in [-0.05, 0) is 31.3 Å². The SMILES string of the molecule is CSCC(C)NC(=S)NCC(C)C. The minimum absolute atomic E-state index is 0.446. The third kappa shape index (κ3) is 8.37. The van der Waals surface area contributed by atoms with Gasteiger partial charge in [0.25, 0.3) is 0 Å². The Morgan fingerprint density at radius 3 is 2.46 bits per heavy atom. The van der Waals surface area contributed by atoms with Gasteiger partial charge in [-0.1, -0.05) is 13.8 Å². The fourth-order valence-electron chi connectivity index (χ4n) is 0.863. The Labute approximate surface area is 91.2 Å². The molecule has 0 aliphatic heterocycles. The lowest BCUT2D eigenvalue weighted by molar-refractivity contribution is 0.612. The Kier molecular flexibility index (Phi) is 7.47. The van der Waals surface area contributed by atoms with Crippen LogP contribution in [0, 0.1) is 5.92 Å². The van der Waals surface area contributed by atoms with Crippen molar-refractivity contribution in [1.82, 2.24) is 10.6 Å². The largest absolute Gasteiger partial charge is 0.362 e. The maximum absolute atomic E-state index is 5.13. The van der Waals surface area contributed by atoms with Crippen molar-refractivity contribution in [1.29, 1.82) is 0 Å². The first-order valence-electron chi connectivity index (χ1n) is 4.59. The molecule has 1 unspecified atom stereocenters. The minimum atomic E-state index is 0.446. The van der Waals surface area contributed by atoms with Crippen LogP contribution in [0.1, 0.15) is 20.8 Å². The van der Waals surface area contributed by atoms with Crippen molar-refractivity contribution in [2.75, 3.05) is 18.6 Å². The number of thioether (sulfide) groups is 1. The van der Waals surface area contributed by atoms with E-state index in [2.05, 4.69) is 37.7 Å². The predicted molar refractivity (Wildman–Crippen MR) is 66.4 cm³/mol. The summed E-state index contributed by atoms with van der Waals surface area (Å²) in [6.45, 7) is 7.42. The average molecular weight is 220 g/mol. The van der Waals surface area contributed by atoms with Gasteiger partial charge in [-0.2, -0.15) is 11.8 Å². The standard InChI is InChI=1S/C9H20N2S2/c1-7(2)5-10-9(12)11-8(3)6-13-4/h7-8H,5-6H2,1-4H3,(H2,10,11,12). The molecule has 0 aromatic rings. The van der Waals surface area contributed by atoms with Gasteiger partial charge < -0.3 is 10.6 Å². The average Bonchev–Trinajstić information content (AvgIpc) is 2.01. The third-order valence-electron chi connectivity index (χ3n) is 1.47. The molecule has 2 nitrogen and oxygen atoms in total. The highest BCUT2D eigenvalue weighted by atomic mass is 32.2. The maximum atomic E-state index is 5.13. The fraction of sp³-hybridized carbons (Fsp3) is 0.889. The first kappa shape index (κ1) is 13.0. The molecule has 0 amide bonds. The molecule has 0 saturated carbocycles. The Morgan fingerprint density at radius 2 is 2.00 bits per heavy atom. The molecule has 0 rings (SSSR count). The van der Waals surface area contributed by atoms with Crippen LogP contribution in [-0.2, 0) is 0 Å². The van der Waals surface area contributed by atoms with Gasteiger partial charge in [0.05, 0.1) is 0 Å². The molecule has 0 bridgehead atoms. The van der Waals surface area contributed by atoms with Gasteiger partial charge in [-0.3, -0.25) is 0 Å². The van der Waals surface area contributed by atoms with Crippen LogP contribution in [0.2, 0.25) is 0 Å². The van der Waals surface area contributed by atoms with Crippen LogP contribution in [0.4, 0.5) is 0 Å². The summed E-state index contributed by atoms with van der Waals surface area (Å²) in [5.41, 5.74) is 0. The minimum Gasteiger partial charge on any atom is -0.362 e. The smallest absolute Gasteiger partial charge is 0.166 e. The fourth-order valence-corrected chi connectivity index (χ4v) is 1.73. The van der Waals surface area contributed by atoms with E-state index in [9.17, 15) is 0 Å². The zero-order chi connectivity index (χ0) is 10.3. The Hall–Kier alpha value is 0.0400. The van der Waals surface area contributed by atoms with Gasteiger partial charge in [-0.25, -0.2) is 0 Å². The summed E-state index contributed by atoms with van der Waals surface area (Å²) < 4.78 is 0. The molecule has 0 aromatic heterocycles. The summed E-state index contributed by atoms with van der Waals surface area (Å²) in [5.74, 6) is 1.72. The van der Waals surface area contributed by atoms with Crippen LogP contribution >= 0.6 is 24.0 Å². The quantitative estimate of drug-likeness (QED) is 0.691. The molecule has 0 saturated heterocycles. The zero-order valence-electron chi connectivity index (χ0n) is 8.89. The molecule has 0 radical (unpaired) electrons. The number of nitrogens with one attached hydrogen (secondary N) is 2. The van der Waals surface area contributed by atoms with E-state index in [4.69, 9.17) is 12.2 Å². The second-order valence-corrected chi connectivity index (χ2v) is 4.92. The predicted octanol–water partition coefficient (Wildman–Crippen LogP) is 1.86. The van der Waals surface area contributed by atoms with Crippen molar-refractivity contribution in [3.05, 3.63) is 0 Å². The lowest BCUT2D eigenvalue weighted by atomic mass is 10.2. The monoisotopic (exact) mass is 220 g/mol. The van der Waals surface area contributed by atoms with Crippen molar-refractivity contribution in [3.8, 4) is 0 Å². The van der Waals surface area contributed by atoms with E-state index < -0.39 is 0 Å². The highest BCUT2D eigenvalue weighted by Gasteiger charge is 2.02. The zero-order valence-corrected chi connectivity index (χ0v) is 10.5. The molecule has 0 spiro atoms. The number of hydrogen-bond donors (Lipinski definition) is 2. The first-order valence-corrected chi connectivity index (χ1v) is 6.39. The van der Waals surface area contributed by atoms with Gasteiger partial charge in [0.1, 0.15) is 0 Å². The molecule has 0 aliphatic rings. The van der Waals surface area contributed by atoms with Crippen LogP contribution < -0.4 is 10.6 Å². The highest BCUT2D eigenvalue weighted by Crippen LogP contribution is 1.95. The van der Waals surface area contributed by atoms with Crippen molar-refractivity contribution >= 4 is 29.1 Å². The van der Waals surface area contributed by atoms with E-state index in [1.54, 1.807) is 0 Å². The molecule has 78 valence electrons. The summed E-state index contributed by atoms with van der Waals surface area (Å²) in [7, 11) is 0. The molecular weight excluding hydrogens is 200 g/mol. The van der Waals surface area contributed by atoms with E-state index >= 15 is 0 Å². The lowest BCUT2D eigenvalue weighted by Gasteiger charge is -2.16. The van der Waals surface area contributed by atoms with E-state index in [1.165, 1.54) is 0 Å². The van der Waals surface area contributed by atoms with Gasteiger partial charge in [0.2, 0.25) is 0 Å². The van der Waals surface area contributed by atoms with Crippen molar-refractivity contribution in [2.45, 2.75) is 26.8 Å². The molecule has 0 aromatic carbocycles. The molecule has 4 heteroatoms. The number of hydrogen-bond acceptors (Lipinski definition) is 2. The van der Waals surface area contributed by atoms with Gasteiger partial charge in [-0.15, -0.1) is 0 Å². The molecule has 13 heavy (non-hydrogen) atoms. The lowest BCUT2D eigenvalue weighted by Crippen LogP contribution is -2.42. The highest BCUT2D eigenvalue weighted by molar-refractivity contribution is 7.98. The summed E-state index contributed by atoms with van der Waals surface area (Å²) >= 11 is 6.96. The topological polar surface area (TPSA) is 24.1 Å². The van der Waals surface area contributed by atoms with Gasteiger partial charge in [0, 0.05) is 18.3 Å². The second-order valence-electron chi connectivity index (χ2n) is 3.60. The van der Waals surface area contributed by atoms with Crippen LogP contribution in [0.15, 0.2) is 0 Å². The van der Waals surface area contributed by atoms with Crippen molar-refractivity contribution < 1.29 is 0 Å². The normalized spacial score (nSPS) is 12.7. The van der Waals surface area contributed by atoms with E-state index in [0.717, 1.165) is 17.4 Å². The van der Waals surface area contributed by atoms with Gasteiger partial charge >= 0.3 is 0 Å². The van der Waals surface area contributed by atoms with E-state index in [0.29, 0.717) is 12.0 Å². The molecule has 1 atom stereocenters. The van der Waals surface area contributed by atoms with Crippen molar-refractivity contribution in [3.63, 3.8) is 0 Å².